The van der Waals surface area contributed by atoms with E-state index < -0.39 is 0 Å². The SMILES string of the molecule is CC1CCCC(OCc2cc(F)cc(Br)c2)C1. The second-order valence-corrected chi connectivity index (χ2v) is 5.90. The van der Waals surface area contributed by atoms with Crippen LogP contribution in [0.15, 0.2) is 22.7 Å². The fourth-order valence-corrected chi connectivity index (χ4v) is 2.95. The summed E-state index contributed by atoms with van der Waals surface area (Å²) in [5.74, 6) is 0.544. The van der Waals surface area contributed by atoms with Crippen molar-refractivity contribution in [2.75, 3.05) is 0 Å². The first-order valence-electron chi connectivity index (χ1n) is 6.20. The van der Waals surface area contributed by atoms with Crippen LogP contribution in [0.2, 0.25) is 0 Å². The highest BCUT2D eigenvalue weighted by atomic mass is 79.9. The number of ether oxygens (including phenoxy) is 1. The summed E-state index contributed by atoms with van der Waals surface area (Å²) in [4.78, 5) is 0. The molecule has 0 amide bonds. The standard InChI is InChI=1S/C14H18BrFO/c1-10-3-2-4-14(5-10)17-9-11-6-12(15)8-13(16)7-11/h6-8,10,14H,2-5,9H2,1H3. The molecule has 1 fully saturated rings. The van der Waals surface area contributed by atoms with Crippen molar-refractivity contribution in [2.24, 2.45) is 5.92 Å². The Labute approximate surface area is 110 Å². The molecule has 1 aliphatic rings. The van der Waals surface area contributed by atoms with E-state index in [1.807, 2.05) is 6.07 Å². The molecule has 3 heteroatoms. The second-order valence-electron chi connectivity index (χ2n) is 4.98. The fraction of sp³-hybridized carbons (Fsp3) is 0.571. The van der Waals surface area contributed by atoms with Gasteiger partial charge in [0.15, 0.2) is 0 Å². The lowest BCUT2D eigenvalue weighted by atomic mass is 9.89. The van der Waals surface area contributed by atoms with Crippen LogP contribution in [0.1, 0.15) is 38.2 Å². The van der Waals surface area contributed by atoms with Crippen LogP contribution in [-0.2, 0) is 11.3 Å². The van der Waals surface area contributed by atoms with Gasteiger partial charge in [0, 0.05) is 4.47 Å². The lowest BCUT2D eigenvalue weighted by Crippen LogP contribution is -2.21. The molecule has 2 atom stereocenters. The summed E-state index contributed by atoms with van der Waals surface area (Å²) in [7, 11) is 0. The van der Waals surface area contributed by atoms with E-state index in [0.29, 0.717) is 12.7 Å². The normalized spacial score (nSPS) is 24.9. The average Bonchev–Trinajstić information content (AvgIpc) is 2.25. The third-order valence-corrected chi connectivity index (χ3v) is 3.75. The van der Waals surface area contributed by atoms with Gasteiger partial charge in [0.1, 0.15) is 5.82 Å². The molecule has 0 radical (unpaired) electrons. The summed E-state index contributed by atoms with van der Waals surface area (Å²) in [6.07, 6.45) is 5.18. The highest BCUT2D eigenvalue weighted by Gasteiger charge is 2.19. The molecular weight excluding hydrogens is 283 g/mol. The van der Waals surface area contributed by atoms with E-state index in [0.717, 1.165) is 28.8 Å². The van der Waals surface area contributed by atoms with E-state index in [1.54, 1.807) is 0 Å². The largest absolute Gasteiger partial charge is 0.374 e. The molecule has 1 aromatic rings. The third kappa shape index (κ3) is 4.07. The first-order chi connectivity index (χ1) is 8.13. The number of hydrogen-bond acceptors (Lipinski definition) is 1. The van der Waals surface area contributed by atoms with Gasteiger partial charge in [-0.15, -0.1) is 0 Å². The van der Waals surface area contributed by atoms with Crippen molar-refractivity contribution in [1.82, 2.24) is 0 Å². The zero-order valence-corrected chi connectivity index (χ0v) is 11.7. The smallest absolute Gasteiger partial charge is 0.124 e. The Bertz CT molecular complexity index is 360. The lowest BCUT2D eigenvalue weighted by Gasteiger charge is -2.26. The van der Waals surface area contributed by atoms with Gasteiger partial charge in [0.2, 0.25) is 0 Å². The molecule has 94 valence electrons. The summed E-state index contributed by atoms with van der Waals surface area (Å²) >= 11 is 3.29. The zero-order valence-electron chi connectivity index (χ0n) is 10.1. The van der Waals surface area contributed by atoms with Gasteiger partial charge in [-0.3, -0.25) is 0 Å². The number of benzene rings is 1. The van der Waals surface area contributed by atoms with Crippen LogP contribution in [0.25, 0.3) is 0 Å². The molecule has 1 aromatic carbocycles. The molecule has 0 N–H and O–H groups in total. The number of halogens is 2. The van der Waals surface area contributed by atoms with Crippen LogP contribution in [0.4, 0.5) is 4.39 Å². The third-order valence-electron chi connectivity index (χ3n) is 3.30. The average molecular weight is 301 g/mol. The van der Waals surface area contributed by atoms with Gasteiger partial charge >= 0.3 is 0 Å². The fourth-order valence-electron chi connectivity index (χ4n) is 2.44. The van der Waals surface area contributed by atoms with E-state index >= 15 is 0 Å². The summed E-state index contributed by atoms with van der Waals surface area (Å²) in [5.41, 5.74) is 0.898. The van der Waals surface area contributed by atoms with Crippen molar-refractivity contribution in [3.63, 3.8) is 0 Å². The summed E-state index contributed by atoms with van der Waals surface area (Å²) in [6, 6.07) is 4.92. The van der Waals surface area contributed by atoms with Crippen molar-refractivity contribution in [1.29, 1.82) is 0 Å². The minimum atomic E-state index is -0.213. The maximum Gasteiger partial charge on any atom is 0.124 e. The van der Waals surface area contributed by atoms with Crippen LogP contribution >= 0.6 is 15.9 Å². The summed E-state index contributed by atoms with van der Waals surface area (Å²) < 4.78 is 19.8. The molecule has 1 nitrogen and oxygen atoms in total. The lowest BCUT2D eigenvalue weighted by molar-refractivity contribution is 0.00455. The van der Waals surface area contributed by atoms with Crippen molar-refractivity contribution < 1.29 is 9.13 Å². The first kappa shape index (κ1) is 13.0. The maximum atomic E-state index is 13.2. The predicted molar refractivity (Wildman–Crippen MR) is 70.3 cm³/mol. The Morgan fingerprint density at radius 2 is 2.18 bits per heavy atom. The van der Waals surface area contributed by atoms with Gasteiger partial charge < -0.3 is 4.74 Å². The molecule has 0 spiro atoms. The van der Waals surface area contributed by atoms with Crippen molar-refractivity contribution in [3.8, 4) is 0 Å². The topological polar surface area (TPSA) is 9.23 Å². The zero-order chi connectivity index (χ0) is 12.3. The Hall–Kier alpha value is -0.410. The van der Waals surface area contributed by atoms with Crippen molar-refractivity contribution >= 4 is 15.9 Å². The minimum Gasteiger partial charge on any atom is -0.374 e. The molecule has 0 aliphatic heterocycles. The second kappa shape index (κ2) is 5.96. The molecule has 2 unspecified atom stereocenters. The number of rotatable bonds is 3. The van der Waals surface area contributed by atoms with Gasteiger partial charge in [0.05, 0.1) is 12.7 Å². The quantitative estimate of drug-likeness (QED) is 0.787. The maximum absolute atomic E-state index is 13.2. The van der Waals surface area contributed by atoms with Gasteiger partial charge in [-0.05, 0) is 42.5 Å². The monoisotopic (exact) mass is 300 g/mol. The molecule has 1 aliphatic carbocycles. The van der Waals surface area contributed by atoms with E-state index in [9.17, 15) is 4.39 Å². The molecule has 17 heavy (non-hydrogen) atoms. The Morgan fingerprint density at radius 1 is 1.35 bits per heavy atom. The van der Waals surface area contributed by atoms with Crippen LogP contribution in [0.5, 0.6) is 0 Å². The summed E-state index contributed by atoms with van der Waals surface area (Å²) in [5, 5.41) is 0. The summed E-state index contributed by atoms with van der Waals surface area (Å²) in [6.45, 7) is 2.78. The van der Waals surface area contributed by atoms with Crippen LogP contribution < -0.4 is 0 Å². The van der Waals surface area contributed by atoms with Gasteiger partial charge in [0.25, 0.3) is 0 Å². The Balaban J connectivity index is 1.88. The van der Waals surface area contributed by atoms with Crippen molar-refractivity contribution in [3.05, 3.63) is 34.1 Å². The van der Waals surface area contributed by atoms with Crippen molar-refractivity contribution in [2.45, 2.75) is 45.3 Å². The van der Waals surface area contributed by atoms with Gasteiger partial charge in [-0.25, -0.2) is 4.39 Å². The van der Waals surface area contributed by atoms with Crippen LogP contribution in [0.3, 0.4) is 0 Å². The highest BCUT2D eigenvalue weighted by molar-refractivity contribution is 9.10. The molecule has 0 saturated heterocycles. The van der Waals surface area contributed by atoms with E-state index in [-0.39, 0.29) is 5.82 Å². The Kier molecular flexibility index (Phi) is 4.57. The van der Waals surface area contributed by atoms with E-state index in [1.165, 1.54) is 25.0 Å². The molecular formula is C14H18BrFO. The van der Waals surface area contributed by atoms with E-state index in [4.69, 9.17) is 4.74 Å². The highest BCUT2D eigenvalue weighted by Crippen LogP contribution is 2.26. The van der Waals surface area contributed by atoms with Gasteiger partial charge in [-0.2, -0.15) is 0 Å². The number of hydrogen-bond donors (Lipinski definition) is 0. The Morgan fingerprint density at radius 3 is 2.88 bits per heavy atom. The van der Waals surface area contributed by atoms with Crippen LogP contribution in [-0.4, -0.2) is 6.10 Å². The molecule has 0 aromatic heterocycles. The molecule has 2 rings (SSSR count). The first-order valence-corrected chi connectivity index (χ1v) is 6.99. The molecule has 0 bridgehead atoms. The predicted octanol–water partition coefficient (Wildman–Crippen LogP) is 4.68. The van der Waals surface area contributed by atoms with Gasteiger partial charge in [-0.1, -0.05) is 35.7 Å². The van der Waals surface area contributed by atoms with E-state index in [2.05, 4.69) is 22.9 Å². The van der Waals surface area contributed by atoms with Crippen LogP contribution in [0, 0.1) is 11.7 Å². The molecule has 0 heterocycles. The minimum absolute atomic E-state index is 0.213. The molecule has 1 saturated carbocycles.